The molecule has 1 N–H and O–H groups in total. The molecule has 23 heavy (non-hydrogen) atoms. The van der Waals surface area contributed by atoms with E-state index < -0.39 is 0 Å². The van der Waals surface area contributed by atoms with E-state index in [0.29, 0.717) is 6.54 Å². The molecule has 1 fully saturated rings. The van der Waals surface area contributed by atoms with Crippen molar-refractivity contribution in [3.05, 3.63) is 35.7 Å². The zero-order chi connectivity index (χ0) is 16.3. The molecule has 1 aromatic carbocycles. The van der Waals surface area contributed by atoms with Gasteiger partial charge < -0.3 is 10.2 Å². The van der Waals surface area contributed by atoms with E-state index in [2.05, 4.69) is 27.8 Å². The lowest BCUT2D eigenvalue weighted by atomic mass is 9.84. The predicted molar refractivity (Wildman–Crippen MR) is 95.6 cm³/mol. The number of carbonyl (C=O) groups excluding carboxylic acids is 1. The fourth-order valence-corrected chi connectivity index (χ4v) is 4.05. The van der Waals surface area contributed by atoms with Crippen LogP contribution >= 0.6 is 11.3 Å². The first-order valence-electron chi connectivity index (χ1n) is 8.07. The topological polar surface area (TPSA) is 45.2 Å². The number of aromatic nitrogens is 1. The number of hydrogen-bond acceptors (Lipinski definition) is 4. The van der Waals surface area contributed by atoms with E-state index in [1.807, 2.05) is 32.3 Å². The summed E-state index contributed by atoms with van der Waals surface area (Å²) in [7, 11) is 3.69. The summed E-state index contributed by atoms with van der Waals surface area (Å²) in [6, 6.07) is 10.2. The number of amides is 1. The van der Waals surface area contributed by atoms with Crippen LogP contribution in [0.5, 0.6) is 0 Å². The van der Waals surface area contributed by atoms with Gasteiger partial charge in [-0.05, 0) is 12.8 Å². The summed E-state index contributed by atoms with van der Waals surface area (Å²) in [6.45, 7) is 0.672. The maximum absolute atomic E-state index is 12.6. The average molecular weight is 329 g/mol. The third kappa shape index (κ3) is 3.39. The van der Waals surface area contributed by atoms with Gasteiger partial charge in [-0.25, -0.2) is 4.98 Å². The first kappa shape index (κ1) is 16.0. The zero-order valence-electron chi connectivity index (χ0n) is 13.7. The van der Waals surface area contributed by atoms with Crippen molar-refractivity contribution in [3.8, 4) is 11.3 Å². The second-order valence-corrected chi connectivity index (χ2v) is 7.30. The smallest absolute Gasteiger partial charge is 0.230 e. The predicted octanol–water partition coefficient (Wildman–Crippen LogP) is 3.87. The molecule has 1 heterocycles. The van der Waals surface area contributed by atoms with Gasteiger partial charge in [-0.3, -0.25) is 4.79 Å². The monoisotopic (exact) mass is 329 g/mol. The lowest BCUT2D eigenvalue weighted by Crippen LogP contribution is -2.43. The van der Waals surface area contributed by atoms with Gasteiger partial charge in [0.15, 0.2) is 5.13 Å². The van der Waals surface area contributed by atoms with Crippen LogP contribution in [0.15, 0.2) is 35.7 Å². The van der Waals surface area contributed by atoms with Gasteiger partial charge in [0.25, 0.3) is 0 Å². The molecule has 1 aliphatic carbocycles. The quantitative estimate of drug-likeness (QED) is 0.905. The number of nitrogens with one attached hydrogen (secondary N) is 1. The molecular formula is C18H23N3OS. The zero-order valence-corrected chi connectivity index (χ0v) is 14.5. The summed E-state index contributed by atoms with van der Waals surface area (Å²) in [4.78, 5) is 19.0. The summed E-state index contributed by atoms with van der Waals surface area (Å²) < 4.78 is 0. The molecule has 0 aliphatic heterocycles. The standard InChI is InChI=1S/C18H23N3OS/c1-21(2)16(22)18(10-6-7-11-18)13-19-17-20-15(12-23-17)14-8-4-3-5-9-14/h3-5,8-9,12H,6-7,10-11,13H2,1-2H3,(H,19,20). The Bertz CT molecular complexity index is 660. The molecule has 0 radical (unpaired) electrons. The van der Waals surface area contributed by atoms with Crippen molar-refractivity contribution >= 4 is 22.4 Å². The molecule has 4 nitrogen and oxygen atoms in total. The van der Waals surface area contributed by atoms with E-state index in [9.17, 15) is 4.79 Å². The van der Waals surface area contributed by atoms with Crippen molar-refractivity contribution in [2.24, 2.45) is 5.41 Å². The van der Waals surface area contributed by atoms with Gasteiger partial charge in [0, 0.05) is 31.6 Å². The van der Waals surface area contributed by atoms with E-state index in [0.717, 1.165) is 42.1 Å². The van der Waals surface area contributed by atoms with Crippen molar-refractivity contribution in [2.45, 2.75) is 25.7 Å². The molecule has 1 aromatic heterocycles. The van der Waals surface area contributed by atoms with Crippen LogP contribution in [0, 0.1) is 5.41 Å². The maximum atomic E-state index is 12.6. The fourth-order valence-electron chi connectivity index (χ4n) is 3.33. The number of thiazole rings is 1. The lowest BCUT2D eigenvalue weighted by Gasteiger charge is -2.30. The first-order valence-corrected chi connectivity index (χ1v) is 8.95. The van der Waals surface area contributed by atoms with Gasteiger partial charge in [0.05, 0.1) is 11.1 Å². The SMILES string of the molecule is CN(C)C(=O)C1(CNc2nc(-c3ccccc3)cs2)CCCC1. The number of rotatable bonds is 5. The Hall–Kier alpha value is -1.88. The van der Waals surface area contributed by atoms with E-state index >= 15 is 0 Å². The van der Waals surface area contributed by atoms with Gasteiger partial charge in [-0.15, -0.1) is 11.3 Å². The highest BCUT2D eigenvalue weighted by molar-refractivity contribution is 7.14. The number of nitrogens with zero attached hydrogens (tertiary/aromatic N) is 2. The molecule has 122 valence electrons. The molecule has 1 amide bonds. The summed E-state index contributed by atoms with van der Waals surface area (Å²) in [6.07, 6.45) is 4.20. The van der Waals surface area contributed by atoms with Crippen LogP contribution < -0.4 is 5.32 Å². The Morgan fingerprint density at radius 1 is 1.26 bits per heavy atom. The molecule has 1 saturated carbocycles. The Morgan fingerprint density at radius 3 is 2.61 bits per heavy atom. The van der Waals surface area contributed by atoms with Gasteiger partial charge >= 0.3 is 0 Å². The summed E-state index contributed by atoms with van der Waals surface area (Å²) in [5.74, 6) is 0.238. The minimum Gasteiger partial charge on any atom is -0.360 e. The second-order valence-electron chi connectivity index (χ2n) is 6.44. The summed E-state index contributed by atoms with van der Waals surface area (Å²) in [5, 5.41) is 6.37. The summed E-state index contributed by atoms with van der Waals surface area (Å²) >= 11 is 1.60. The van der Waals surface area contributed by atoms with E-state index in [4.69, 9.17) is 0 Å². The first-order chi connectivity index (χ1) is 11.1. The Balaban J connectivity index is 1.70. The Labute approximate surface area is 141 Å². The van der Waals surface area contributed by atoms with E-state index in [-0.39, 0.29) is 11.3 Å². The third-order valence-corrected chi connectivity index (χ3v) is 5.37. The molecule has 0 spiro atoms. The molecule has 0 atom stereocenters. The number of benzene rings is 1. The Morgan fingerprint density at radius 2 is 1.96 bits per heavy atom. The van der Waals surface area contributed by atoms with Crippen molar-refractivity contribution in [1.82, 2.24) is 9.88 Å². The van der Waals surface area contributed by atoms with Gasteiger partial charge in [-0.2, -0.15) is 0 Å². The molecule has 0 unspecified atom stereocenters. The van der Waals surface area contributed by atoms with Crippen LogP contribution in [0.25, 0.3) is 11.3 Å². The number of anilines is 1. The van der Waals surface area contributed by atoms with Crippen molar-refractivity contribution < 1.29 is 4.79 Å². The minimum atomic E-state index is -0.262. The van der Waals surface area contributed by atoms with E-state index in [1.165, 1.54) is 0 Å². The molecule has 5 heteroatoms. The molecule has 1 aliphatic rings. The largest absolute Gasteiger partial charge is 0.360 e. The van der Waals surface area contributed by atoms with Crippen LogP contribution in [-0.2, 0) is 4.79 Å². The van der Waals surface area contributed by atoms with Crippen LogP contribution in [0.1, 0.15) is 25.7 Å². The van der Waals surface area contributed by atoms with Gasteiger partial charge in [0.2, 0.25) is 5.91 Å². The number of hydrogen-bond donors (Lipinski definition) is 1. The molecule has 0 bridgehead atoms. The minimum absolute atomic E-state index is 0.238. The Kier molecular flexibility index (Phi) is 4.66. The molecule has 2 aromatic rings. The fraction of sp³-hybridized carbons (Fsp3) is 0.444. The number of carbonyl (C=O) groups is 1. The van der Waals surface area contributed by atoms with Crippen molar-refractivity contribution in [2.75, 3.05) is 26.0 Å². The van der Waals surface area contributed by atoms with Crippen molar-refractivity contribution in [3.63, 3.8) is 0 Å². The molecular weight excluding hydrogens is 306 g/mol. The van der Waals surface area contributed by atoms with Gasteiger partial charge in [-0.1, -0.05) is 43.2 Å². The summed E-state index contributed by atoms with van der Waals surface area (Å²) in [5.41, 5.74) is 1.84. The van der Waals surface area contributed by atoms with Crippen LogP contribution in [-0.4, -0.2) is 36.4 Å². The average Bonchev–Trinajstić information content (AvgIpc) is 3.23. The third-order valence-electron chi connectivity index (χ3n) is 4.57. The highest BCUT2D eigenvalue weighted by Crippen LogP contribution is 2.40. The van der Waals surface area contributed by atoms with E-state index in [1.54, 1.807) is 16.2 Å². The van der Waals surface area contributed by atoms with Crippen LogP contribution in [0.4, 0.5) is 5.13 Å². The highest BCUT2D eigenvalue weighted by atomic mass is 32.1. The lowest BCUT2D eigenvalue weighted by molar-refractivity contribution is -0.138. The highest BCUT2D eigenvalue weighted by Gasteiger charge is 2.41. The molecule has 3 rings (SSSR count). The molecule has 0 saturated heterocycles. The van der Waals surface area contributed by atoms with Crippen LogP contribution in [0.3, 0.4) is 0 Å². The normalized spacial score (nSPS) is 16.3. The van der Waals surface area contributed by atoms with Gasteiger partial charge in [0.1, 0.15) is 0 Å². The van der Waals surface area contributed by atoms with Crippen molar-refractivity contribution in [1.29, 1.82) is 0 Å². The van der Waals surface area contributed by atoms with Crippen LogP contribution in [0.2, 0.25) is 0 Å². The maximum Gasteiger partial charge on any atom is 0.230 e. The second kappa shape index (κ2) is 6.71.